The van der Waals surface area contributed by atoms with Crippen LogP contribution in [-0.4, -0.2) is 18.0 Å². The van der Waals surface area contributed by atoms with Crippen molar-refractivity contribution in [3.8, 4) is 5.75 Å². The van der Waals surface area contributed by atoms with Crippen molar-refractivity contribution in [3.63, 3.8) is 0 Å². The lowest BCUT2D eigenvalue weighted by molar-refractivity contribution is 0.0950. The number of hydrogen-bond donors (Lipinski definition) is 2. The maximum Gasteiger partial charge on any atom is 0.251 e. The van der Waals surface area contributed by atoms with Crippen LogP contribution in [0.15, 0.2) is 42.7 Å². The molecule has 2 aromatic rings. The molecule has 0 aliphatic carbocycles. The van der Waals surface area contributed by atoms with Crippen molar-refractivity contribution in [2.45, 2.75) is 6.54 Å². The van der Waals surface area contributed by atoms with Crippen LogP contribution in [0, 0.1) is 0 Å². The molecule has 0 fully saturated rings. The Hall–Kier alpha value is -2.23. The molecule has 0 aliphatic heterocycles. The molecule has 0 spiro atoms. The minimum atomic E-state index is -0.106. The number of ether oxygens (including phenoxy) is 1. The van der Waals surface area contributed by atoms with E-state index in [-0.39, 0.29) is 5.91 Å². The molecule has 4 heteroatoms. The SMILES string of the molecule is COc1cccc(C(=O)NCc2cc[nH]c2)c1. The average Bonchev–Trinajstić information content (AvgIpc) is 2.89. The van der Waals surface area contributed by atoms with Gasteiger partial charge in [-0.2, -0.15) is 0 Å². The van der Waals surface area contributed by atoms with Gasteiger partial charge in [0.25, 0.3) is 5.91 Å². The van der Waals surface area contributed by atoms with Gasteiger partial charge >= 0.3 is 0 Å². The lowest BCUT2D eigenvalue weighted by Gasteiger charge is -2.05. The topological polar surface area (TPSA) is 54.1 Å². The Labute approximate surface area is 99.6 Å². The van der Waals surface area contributed by atoms with E-state index in [1.807, 2.05) is 24.5 Å². The lowest BCUT2D eigenvalue weighted by atomic mass is 10.2. The predicted molar refractivity (Wildman–Crippen MR) is 65.0 cm³/mol. The van der Waals surface area contributed by atoms with Crippen molar-refractivity contribution < 1.29 is 9.53 Å². The van der Waals surface area contributed by atoms with Gasteiger partial charge in [-0.15, -0.1) is 0 Å². The van der Waals surface area contributed by atoms with Crippen LogP contribution in [0.5, 0.6) is 5.75 Å². The van der Waals surface area contributed by atoms with Crippen LogP contribution in [0.2, 0.25) is 0 Å². The summed E-state index contributed by atoms with van der Waals surface area (Å²) in [6.07, 6.45) is 3.68. The highest BCUT2D eigenvalue weighted by molar-refractivity contribution is 5.94. The molecule has 1 heterocycles. The average molecular weight is 230 g/mol. The summed E-state index contributed by atoms with van der Waals surface area (Å²) < 4.78 is 5.07. The number of H-pyrrole nitrogens is 1. The van der Waals surface area contributed by atoms with Gasteiger partial charge in [-0.3, -0.25) is 4.79 Å². The summed E-state index contributed by atoms with van der Waals surface area (Å²) in [7, 11) is 1.58. The Morgan fingerprint density at radius 3 is 3.00 bits per heavy atom. The van der Waals surface area contributed by atoms with E-state index in [1.54, 1.807) is 25.3 Å². The highest BCUT2D eigenvalue weighted by atomic mass is 16.5. The first-order valence-electron chi connectivity index (χ1n) is 5.33. The number of methoxy groups -OCH3 is 1. The van der Waals surface area contributed by atoms with Crippen LogP contribution in [-0.2, 0) is 6.54 Å². The van der Waals surface area contributed by atoms with Gasteiger partial charge in [0, 0.05) is 24.5 Å². The molecule has 1 amide bonds. The third-order valence-corrected chi connectivity index (χ3v) is 2.45. The molecule has 0 saturated carbocycles. The summed E-state index contributed by atoms with van der Waals surface area (Å²) in [5.74, 6) is 0.574. The maximum atomic E-state index is 11.8. The fraction of sp³-hybridized carbons (Fsp3) is 0.154. The van der Waals surface area contributed by atoms with Crippen LogP contribution in [0.1, 0.15) is 15.9 Å². The third kappa shape index (κ3) is 2.87. The van der Waals surface area contributed by atoms with E-state index in [2.05, 4.69) is 10.3 Å². The van der Waals surface area contributed by atoms with Crippen molar-refractivity contribution in [3.05, 3.63) is 53.9 Å². The molecular formula is C13H14N2O2. The molecule has 4 nitrogen and oxygen atoms in total. The van der Waals surface area contributed by atoms with Crippen LogP contribution < -0.4 is 10.1 Å². The molecule has 0 unspecified atom stereocenters. The number of carbonyl (C=O) groups is 1. The third-order valence-electron chi connectivity index (χ3n) is 2.45. The fourth-order valence-corrected chi connectivity index (χ4v) is 1.52. The molecule has 0 bridgehead atoms. The standard InChI is InChI=1S/C13H14N2O2/c1-17-12-4-2-3-11(7-12)13(16)15-9-10-5-6-14-8-10/h2-8,14H,9H2,1H3,(H,15,16). The predicted octanol–water partition coefficient (Wildman–Crippen LogP) is 1.95. The first-order valence-corrected chi connectivity index (χ1v) is 5.33. The largest absolute Gasteiger partial charge is 0.497 e. The summed E-state index contributed by atoms with van der Waals surface area (Å²) in [5, 5.41) is 2.84. The number of aromatic nitrogens is 1. The van der Waals surface area contributed by atoms with E-state index in [0.717, 1.165) is 5.56 Å². The van der Waals surface area contributed by atoms with E-state index >= 15 is 0 Å². The van der Waals surface area contributed by atoms with Crippen molar-refractivity contribution in [2.75, 3.05) is 7.11 Å². The van der Waals surface area contributed by atoms with Crippen LogP contribution >= 0.6 is 0 Å². The van der Waals surface area contributed by atoms with Gasteiger partial charge in [-0.25, -0.2) is 0 Å². The Bertz CT molecular complexity index is 492. The van der Waals surface area contributed by atoms with E-state index < -0.39 is 0 Å². The number of nitrogens with one attached hydrogen (secondary N) is 2. The van der Waals surface area contributed by atoms with Gasteiger partial charge in [-0.1, -0.05) is 6.07 Å². The first kappa shape index (κ1) is 11.3. The summed E-state index contributed by atoms with van der Waals surface area (Å²) in [6.45, 7) is 0.513. The normalized spacial score (nSPS) is 9.94. The number of amides is 1. The van der Waals surface area contributed by atoms with Crippen molar-refractivity contribution in [2.24, 2.45) is 0 Å². The summed E-state index contributed by atoms with van der Waals surface area (Å²) >= 11 is 0. The van der Waals surface area contributed by atoms with Crippen molar-refractivity contribution in [1.29, 1.82) is 0 Å². The first-order chi connectivity index (χ1) is 8.29. The number of aromatic amines is 1. The zero-order valence-corrected chi connectivity index (χ0v) is 9.57. The van der Waals surface area contributed by atoms with Gasteiger partial charge < -0.3 is 15.0 Å². The molecule has 2 N–H and O–H groups in total. The van der Waals surface area contributed by atoms with E-state index in [0.29, 0.717) is 17.9 Å². The molecule has 17 heavy (non-hydrogen) atoms. The molecule has 0 atom stereocenters. The van der Waals surface area contributed by atoms with Crippen LogP contribution in [0.4, 0.5) is 0 Å². The second-order valence-corrected chi connectivity index (χ2v) is 3.63. The van der Waals surface area contributed by atoms with Crippen LogP contribution in [0.25, 0.3) is 0 Å². The molecule has 88 valence electrons. The fourth-order valence-electron chi connectivity index (χ4n) is 1.52. The summed E-state index contributed by atoms with van der Waals surface area (Å²) in [6, 6.07) is 9.00. The molecule has 1 aromatic carbocycles. The Kier molecular flexibility index (Phi) is 3.45. The maximum absolute atomic E-state index is 11.8. The lowest BCUT2D eigenvalue weighted by Crippen LogP contribution is -2.22. The van der Waals surface area contributed by atoms with Crippen molar-refractivity contribution in [1.82, 2.24) is 10.3 Å². The molecule has 0 radical (unpaired) electrons. The summed E-state index contributed by atoms with van der Waals surface area (Å²) in [4.78, 5) is 14.8. The van der Waals surface area contributed by atoms with E-state index in [9.17, 15) is 4.79 Å². The molecule has 2 rings (SSSR count). The monoisotopic (exact) mass is 230 g/mol. The van der Waals surface area contributed by atoms with Gasteiger partial charge in [0.15, 0.2) is 0 Å². The quantitative estimate of drug-likeness (QED) is 0.843. The van der Waals surface area contributed by atoms with Gasteiger partial charge in [-0.05, 0) is 29.8 Å². The second-order valence-electron chi connectivity index (χ2n) is 3.63. The Morgan fingerprint density at radius 1 is 1.41 bits per heavy atom. The zero-order chi connectivity index (χ0) is 12.1. The Balaban J connectivity index is 1.99. The van der Waals surface area contributed by atoms with Crippen molar-refractivity contribution >= 4 is 5.91 Å². The highest BCUT2D eigenvalue weighted by Gasteiger charge is 2.06. The number of rotatable bonds is 4. The van der Waals surface area contributed by atoms with E-state index in [1.165, 1.54) is 0 Å². The van der Waals surface area contributed by atoms with Gasteiger partial charge in [0.2, 0.25) is 0 Å². The smallest absolute Gasteiger partial charge is 0.251 e. The summed E-state index contributed by atoms with van der Waals surface area (Å²) in [5.41, 5.74) is 1.64. The Morgan fingerprint density at radius 2 is 2.29 bits per heavy atom. The van der Waals surface area contributed by atoms with Crippen LogP contribution in [0.3, 0.4) is 0 Å². The molecule has 1 aromatic heterocycles. The minimum absolute atomic E-state index is 0.106. The molecule has 0 saturated heterocycles. The number of benzene rings is 1. The minimum Gasteiger partial charge on any atom is -0.497 e. The molecular weight excluding hydrogens is 216 g/mol. The van der Waals surface area contributed by atoms with Gasteiger partial charge in [0.1, 0.15) is 5.75 Å². The molecule has 0 aliphatic rings. The zero-order valence-electron chi connectivity index (χ0n) is 9.57. The highest BCUT2D eigenvalue weighted by Crippen LogP contribution is 2.12. The van der Waals surface area contributed by atoms with E-state index in [4.69, 9.17) is 4.74 Å². The number of hydrogen-bond acceptors (Lipinski definition) is 2. The van der Waals surface area contributed by atoms with Gasteiger partial charge in [0.05, 0.1) is 7.11 Å². The number of carbonyl (C=O) groups excluding carboxylic acids is 1. The second kappa shape index (κ2) is 5.21.